The number of hydrazone groups is 1. The van der Waals surface area contributed by atoms with E-state index in [1.165, 1.54) is 12.1 Å². The van der Waals surface area contributed by atoms with Crippen LogP contribution in [0, 0.1) is 10.1 Å². The summed E-state index contributed by atoms with van der Waals surface area (Å²) in [5, 5.41) is 17.7. The van der Waals surface area contributed by atoms with Crippen LogP contribution in [0.4, 0.5) is 11.4 Å². The zero-order valence-corrected chi connectivity index (χ0v) is 13.2. The molecule has 0 aliphatic heterocycles. The molecule has 0 radical (unpaired) electrons. The Balaban J connectivity index is 1.86. The number of hydrogen-bond donors (Lipinski definition) is 2. The standard InChI is InChI=1S/C15H15N5O2S/c1-2-11-3-4-13(16-9-11)10-17-19-15(23)18-12-5-7-14(8-6-12)20(21)22/h3-10H,2H2,1H3,(H2,18,19,23)/b17-10+. The van der Waals surface area contributed by atoms with Gasteiger partial charge in [0.15, 0.2) is 5.11 Å². The van der Waals surface area contributed by atoms with E-state index in [1.54, 1.807) is 24.5 Å². The molecule has 0 bridgehead atoms. The minimum atomic E-state index is -0.457. The molecule has 1 aromatic carbocycles. The second-order valence-corrected chi connectivity index (χ2v) is 4.98. The smallest absolute Gasteiger partial charge is 0.269 e. The van der Waals surface area contributed by atoms with Crippen molar-refractivity contribution < 1.29 is 4.92 Å². The highest BCUT2D eigenvalue weighted by Crippen LogP contribution is 2.15. The van der Waals surface area contributed by atoms with E-state index < -0.39 is 4.92 Å². The maximum Gasteiger partial charge on any atom is 0.269 e. The lowest BCUT2D eigenvalue weighted by molar-refractivity contribution is -0.384. The number of hydrogen-bond acceptors (Lipinski definition) is 5. The second-order valence-electron chi connectivity index (χ2n) is 4.57. The van der Waals surface area contributed by atoms with Crippen LogP contribution in [-0.2, 0) is 6.42 Å². The van der Waals surface area contributed by atoms with Gasteiger partial charge in [-0.25, -0.2) is 0 Å². The minimum Gasteiger partial charge on any atom is -0.331 e. The van der Waals surface area contributed by atoms with Crippen LogP contribution in [0.1, 0.15) is 18.2 Å². The molecule has 1 aromatic heterocycles. The molecule has 118 valence electrons. The Bertz CT molecular complexity index is 714. The molecule has 0 atom stereocenters. The fraction of sp³-hybridized carbons (Fsp3) is 0.133. The lowest BCUT2D eigenvalue weighted by Crippen LogP contribution is -2.23. The average molecular weight is 329 g/mol. The number of aromatic nitrogens is 1. The summed E-state index contributed by atoms with van der Waals surface area (Å²) in [6, 6.07) is 9.79. The first-order chi connectivity index (χ1) is 11.1. The summed E-state index contributed by atoms with van der Waals surface area (Å²) in [6.07, 6.45) is 4.30. The summed E-state index contributed by atoms with van der Waals surface area (Å²) in [7, 11) is 0. The Hall–Kier alpha value is -2.87. The normalized spacial score (nSPS) is 10.5. The zero-order chi connectivity index (χ0) is 16.7. The molecule has 7 nitrogen and oxygen atoms in total. The second kappa shape index (κ2) is 7.95. The van der Waals surface area contributed by atoms with E-state index >= 15 is 0 Å². The molecule has 2 aromatic rings. The monoisotopic (exact) mass is 329 g/mol. The number of nitro benzene ring substituents is 1. The van der Waals surface area contributed by atoms with Gasteiger partial charge in [-0.1, -0.05) is 13.0 Å². The molecule has 23 heavy (non-hydrogen) atoms. The summed E-state index contributed by atoms with van der Waals surface area (Å²) in [6.45, 7) is 2.06. The maximum absolute atomic E-state index is 10.6. The van der Waals surface area contributed by atoms with Crippen LogP contribution in [0.2, 0.25) is 0 Å². The van der Waals surface area contributed by atoms with Gasteiger partial charge in [0.25, 0.3) is 5.69 Å². The van der Waals surface area contributed by atoms with Crippen LogP contribution in [0.5, 0.6) is 0 Å². The van der Waals surface area contributed by atoms with Gasteiger partial charge in [-0.15, -0.1) is 0 Å². The summed E-state index contributed by atoms with van der Waals surface area (Å²) < 4.78 is 0. The fourth-order valence-electron chi connectivity index (χ4n) is 1.70. The van der Waals surface area contributed by atoms with Crippen molar-refractivity contribution in [3.63, 3.8) is 0 Å². The minimum absolute atomic E-state index is 0.0223. The molecule has 0 amide bonds. The average Bonchev–Trinajstić information content (AvgIpc) is 2.56. The van der Waals surface area contributed by atoms with Gasteiger partial charge in [0.05, 0.1) is 16.8 Å². The highest BCUT2D eigenvalue weighted by molar-refractivity contribution is 7.80. The third-order valence-corrected chi connectivity index (χ3v) is 3.15. The van der Waals surface area contributed by atoms with Crippen molar-refractivity contribution in [3.8, 4) is 0 Å². The van der Waals surface area contributed by atoms with Gasteiger partial charge in [0.1, 0.15) is 0 Å². The van der Waals surface area contributed by atoms with E-state index in [1.807, 2.05) is 12.1 Å². The van der Waals surface area contributed by atoms with Crippen molar-refractivity contribution >= 4 is 34.9 Å². The fourth-order valence-corrected chi connectivity index (χ4v) is 1.87. The van der Waals surface area contributed by atoms with Crippen molar-refractivity contribution in [3.05, 3.63) is 64.0 Å². The first kappa shape index (κ1) is 16.5. The lowest BCUT2D eigenvalue weighted by atomic mass is 10.2. The van der Waals surface area contributed by atoms with Crippen LogP contribution in [-0.4, -0.2) is 21.2 Å². The van der Waals surface area contributed by atoms with Gasteiger partial charge in [-0.3, -0.25) is 20.5 Å². The highest BCUT2D eigenvalue weighted by Gasteiger charge is 2.04. The Morgan fingerprint density at radius 1 is 1.35 bits per heavy atom. The Morgan fingerprint density at radius 3 is 2.65 bits per heavy atom. The lowest BCUT2D eigenvalue weighted by Gasteiger charge is -2.06. The van der Waals surface area contributed by atoms with Gasteiger partial charge in [-0.05, 0) is 42.4 Å². The van der Waals surface area contributed by atoms with Gasteiger partial charge in [-0.2, -0.15) is 5.10 Å². The third-order valence-electron chi connectivity index (χ3n) is 2.95. The van der Waals surface area contributed by atoms with Crippen molar-refractivity contribution in [1.29, 1.82) is 0 Å². The van der Waals surface area contributed by atoms with Crippen LogP contribution in [0.15, 0.2) is 47.7 Å². The van der Waals surface area contributed by atoms with Gasteiger partial charge >= 0.3 is 0 Å². The number of pyridine rings is 1. The predicted molar refractivity (Wildman–Crippen MR) is 93.7 cm³/mol. The van der Waals surface area contributed by atoms with Crippen LogP contribution < -0.4 is 10.7 Å². The van der Waals surface area contributed by atoms with Crippen molar-refractivity contribution in [1.82, 2.24) is 10.4 Å². The van der Waals surface area contributed by atoms with Gasteiger partial charge in [0.2, 0.25) is 0 Å². The molecule has 0 unspecified atom stereocenters. The molecule has 0 saturated heterocycles. The number of anilines is 1. The third kappa shape index (κ3) is 5.11. The molecule has 0 spiro atoms. The topological polar surface area (TPSA) is 92.5 Å². The first-order valence-corrected chi connectivity index (χ1v) is 7.28. The summed E-state index contributed by atoms with van der Waals surface area (Å²) in [5.74, 6) is 0. The predicted octanol–water partition coefficient (Wildman–Crippen LogP) is 2.87. The molecular weight excluding hydrogens is 314 g/mol. The van der Waals surface area contributed by atoms with Crippen molar-refractivity contribution in [2.75, 3.05) is 5.32 Å². The summed E-state index contributed by atoms with van der Waals surface area (Å²) in [4.78, 5) is 14.4. The van der Waals surface area contributed by atoms with E-state index in [9.17, 15) is 10.1 Å². The molecule has 1 heterocycles. The number of thiocarbonyl (C=S) groups is 1. The van der Waals surface area contributed by atoms with Gasteiger partial charge in [0, 0.05) is 24.0 Å². The number of nitrogens with zero attached hydrogens (tertiary/aromatic N) is 3. The van der Waals surface area contributed by atoms with Crippen molar-refractivity contribution in [2.45, 2.75) is 13.3 Å². The molecule has 0 aliphatic rings. The largest absolute Gasteiger partial charge is 0.331 e. The van der Waals surface area contributed by atoms with E-state index in [4.69, 9.17) is 12.2 Å². The Kier molecular flexibility index (Phi) is 5.70. The maximum atomic E-state index is 10.6. The van der Waals surface area contributed by atoms with Crippen LogP contribution in [0.25, 0.3) is 0 Å². The van der Waals surface area contributed by atoms with E-state index in [-0.39, 0.29) is 10.8 Å². The zero-order valence-electron chi connectivity index (χ0n) is 12.4. The number of aryl methyl sites for hydroxylation is 1. The number of rotatable bonds is 5. The number of non-ortho nitro benzene ring substituents is 1. The highest BCUT2D eigenvalue weighted by atomic mass is 32.1. The van der Waals surface area contributed by atoms with Crippen LogP contribution >= 0.6 is 12.2 Å². The summed E-state index contributed by atoms with van der Waals surface area (Å²) in [5.41, 5.74) is 5.19. The molecule has 2 N–H and O–H groups in total. The molecule has 0 fully saturated rings. The van der Waals surface area contributed by atoms with E-state index in [2.05, 4.69) is 27.8 Å². The van der Waals surface area contributed by atoms with E-state index in [0.717, 1.165) is 12.0 Å². The molecule has 0 saturated carbocycles. The molecular formula is C15H15N5O2S. The first-order valence-electron chi connectivity index (χ1n) is 6.88. The molecule has 0 aliphatic carbocycles. The number of benzene rings is 1. The number of nitrogens with one attached hydrogen (secondary N) is 2. The molecule has 2 rings (SSSR count). The van der Waals surface area contributed by atoms with E-state index in [0.29, 0.717) is 11.4 Å². The molecule has 8 heteroatoms. The van der Waals surface area contributed by atoms with Gasteiger partial charge < -0.3 is 5.32 Å². The van der Waals surface area contributed by atoms with Crippen molar-refractivity contribution in [2.24, 2.45) is 5.10 Å². The summed E-state index contributed by atoms with van der Waals surface area (Å²) >= 11 is 5.09. The Labute approximate surface area is 138 Å². The van der Waals surface area contributed by atoms with Crippen LogP contribution in [0.3, 0.4) is 0 Å². The SMILES string of the molecule is CCc1ccc(/C=N/NC(=S)Nc2ccc([N+](=O)[O-])cc2)nc1. The quantitative estimate of drug-likeness (QED) is 0.379. The Morgan fingerprint density at radius 2 is 2.09 bits per heavy atom. The number of nitro groups is 1.